The van der Waals surface area contributed by atoms with Crippen LogP contribution in [0.25, 0.3) is 0 Å². The van der Waals surface area contributed by atoms with Crippen molar-refractivity contribution in [3.05, 3.63) is 45.8 Å². The first-order valence-corrected chi connectivity index (χ1v) is 7.60. The molecule has 2 N–H and O–H groups in total. The van der Waals surface area contributed by atoms with Gasteiger partial charge in [0.05, 0.1) is 4.92 Å². The molecule has 0 radical (unpaired) electrons. The van der Waals surface area contributed by atoms with Gasteiger partial charge in [-0.25, -0.2) is 9.97 Å². The van der Waals surface area contributed by atoms with Gasteiger partial charge < -0.3 is 15.4 Å². The first kappa shape index (κ1) is 17.6. The molecule has 0 saturated heterocycles. The molecule has 0 fully saturated rings. The van der Waals surface area contributed by atoms with Crippen molar-refractivity contribution < 1.29 is 9.66 Å². The average Bonchev–Trinajstić information content (AvgIpc) is 2.56. The van der Waals surface area contributed by atoms with Crippen molar-refractivity contribution in [3.8, 4) is 0 Å². The fourth-order valence-corrected chi connectivity index (χ4v) is 2.21. The molecule has 8 heteroatoms. The molecule has 24 heavy (non-hydrogen) atoms. The van der Waals surface area contributed by atoms with Gasteiger partial charge in [0.2, 0.25) is 11.6 Å². The van der Waals surface area contributed by atoms with Crippen LogP contribution in [0.1, 0.15) is 17.5 Å². The minimum Gasteiger partial charge on any atom is -0.385 e. The molecule has 128 valence electrons. The van der Waals surface area contributed by atoms with Gasteiger partial charge in [-0.05, 0) is 37.5 Å². The van der Waals surface area contributed by atoms with Crippen LogP contribution < -0.4 is 10.6 Å². The highest BCUT2D eigenvalue weighted by Gasteiger charge is 2.23. The van der Waals surface area contributed by atoms with Crippen molar-refractivity contribution in [3.63, 3.8) is 0 Å². The first-order valence-electron chi connectivity index (χ1n) is 7.60. The van der Waals surface area contributed by atoms with Gasteiger partial charge in [-0.3, -0.25) is 10.1 Å². The van der Waals surface area contributed by atoms with Crippen LogP contribution >= 0.6 is 0 Å². The van der Waals surface area contributed by atoms with Crippen molar-refractivity contribution in [2.75, 3.05) is 30.9 Å². The second-order valence-corrected chi connectivity index (χ2v) is 5.32. The number of nitrogens with one attached hydrogen (secondary N) is 2. The van der Waals surface area contributed by atoms with Crippen LogP contribution in [0.3, 0.4) is 0 Å². The zero-order valence-electron chi connectivity index (χ0n) is 14.0. The van der Waals surface area contributed by atoms with E-state index in [0.29, 0.717) is 13.2 Å². The number of nitrogens with zero attached hydrogens (tertiary/aromatic N) is 3. The predicted molar refractivity (Wildman–Crippen MR) is 92.9 cm³/mol. The van der Waals surface area contributed by atoms with E-state index in [1.54, 1.807) is 7.11 Å². The maximum Gasteiger partial charge on any atom is 0.353 e. The molecule has 0 atom stereocenters. The van der Waals surface area contributed by atoms with Gasteiger partial charge in [0.1, 0.15) is 6.33 Å². The van der Waals surface area contributed by atoms with E-state index in [4.69, 9.17) is 4.74 Å². The number of benzene rings is 1. The van der Waals surface area contributed by atoms with Gasteiger partial charge in [0, 0.05) is 25.9 Å². The summed E-state index contributed by atoms with van der Waals surface area (Å²) in [5.41, 5.74) is 2.72. The summed E-state index contributed by atoms with van der Waals surface area (Å²) >= 11 is 0. The number of hydrogen-bond acceptors (Lipinski definition) is 7. The molecule has 0 spiro atoms. The molecule has 1 aromatic carbocycles. The number of nitro groups is 1. The van der Waals surface area contributed by atoms with E-state index in [9.17, 15) is 10.1 Å². The highest BCUT2D eigenvalue weighted by atomic mass is 16.6. The molecular weight excluding hydrogens is 310 g/mol. The van der Waals surface area contributed by atoms with E-state index >= 15 is 0 Å². The van der Waals surface area contributed by atoms with E-state index in [1.807, 2.05) is 32.0 Å². The fourth-order valence-electron chi connectivity index (χ4n) is 2.21. The SMILES string of the molecule is COCCCNc1ncnc(Nc2cccc(C)c2C)c1[N+](=O)[O-]. The molecule has 2 rings (SSSR count). The van der Waals surface area contributed by atoms with Crippen LogP contribution in [0.15, 0.2) is 24.5 Å². The number of aromatic nitrogens is 2. The normalized spacial score (nSPS) is 10.5. The summed E-state index contributed by atoms with van der Waals surface area (Å²) in [4.78, 5) is 19.1. The van der Waals surface area contributed by atoms with Crippen molar-refractivity contribution >= 4 is 23.0 Å². The summed E-state index contributed by atoms with van der Waals surface area (Å²) in [6.07, 6.45) is 2.02. The monoisotopic (exact) mass is 331 g/mol. The Labute approximate surface area is 140 Å². The highest BCUT2D eigenvalue weighted by molar-refractivity contribution is 5.75. The quantitative estimate of drug-likeness (QED) is 0.435. The lowest BCUT2D eigenvalue weighted by Crippen LogP contribution is -2.10. The Bertz CT molecular complexity index is 721. The third-order valence-electron chi connectivity index (χ3n) is 3.68. The van der Waals surface area contributed by atoms with Crippen molar-refractivity contribution in [2.24, 2.45) is 0 Å². The van der Waals surface area contributed by atoms with Crippen molar-refractivity contribution in [1.29, 1.82) is 0 Å². The number of ether oxygens (including phenoxy) is 1. The number of hydrogen-bond donors (Lipinski definition) is 2. The van der Waals surface area contributed by atoms with Crippen LogP contribution in [0, 0.1) is 24.0 Å². The zero-order valence-corrected chi connectivity index (χ0v) is 14.0. The van der Waals surface area contributed by atoms with Gasteiger partial charge >= 0.3 is 5.69 Å². The standard InChI is InChI=1S/C16H21N5O3/c1-11-6-4-7-13(12(11)2)20-16-14(21(22)23)15(18-10-19-16)17-8-5-9-24-3/h4,6-7,10H,5,8-9H2,1-3H3,(H2,17,18,19,20). The minimum absolute atomic E-state index is 0.165. The van der Waals surface area contributed by atoms with E-state index in [2.05, 4.69) is 20.6 Å². The van der Waals surface area contributed by atoms with E-state index in [1.165, 1.54) is 6.33 Å². The molecule has 2 aromatic rings. The maximum absolute atomic E-state index is 11.5. The Kier molecular flexibility index (Phi) is 6.02. The zero-order chi connectivity index (χ0) is 17.5. The molecule has 1 aromatic heterocycles. The second-order valence-electron chi connectivity index (χ2n) is 5.32. The lowest BCUT2D eigenvalue weighted by atomic mass is 10.1. The Morgan fingerprint density at radius 2 is 2.00 bits per heavy atom. The topological polar surface area (TPSA) is 102 Å². The summed E-state index contributed by atoms with van der Waals surface area (Å²) < 4.78 is 4.97. The van der Waals surface area contributed by atoms with Crippen LogP contribution in [0.5, 0.6) is 0 Å². The maximum atomic E-state index is 11.5. The Morgan fingerprint density at radius 3 is 2.71 bits per heavy atom. The second kappa shape index (κ2) is 8.21. The molecule has 0 aliphatic heterocycles. The Hall–Kier alpha value is -2.74. The molecule has 0 aliphatic carbocycles. The van der Waals surface area contributed by atoms with Gasteiger partial charge in [0.25, 0.3) is 0 Å². The third kappa shape index (κ3) is 4.17. The third-order valence-corrected chi connectivity index (χ3v) is 3.68. The molecule has 0 aliphatic rings. The molecular formula is C16H21N5O3. The van der Waals surface area contributed by atoms with E-state index in [-0.39, 0.29) is 17.3 Å². The van der Waals surface area contributed by atoms with Crippen molar-refractivity contribution in [1.82, 2.24) is 9.97 Å². The van der Waals surface area contributed by atoms with Crippen LogP contribution in [0.4, 0.5) is 23.0 Å². The largest absolute Gasteiger partial charge is 0.385 e. The van der Waals surface area contributed by atoms with Crippen LogP contribution in [-0.2, 0) is 4.74 Å². The van der Waals surface area contributed by atoms with Gasteiger partial charge in [-0.1, -0.05) is 12.1 Å². The highest BCUT2D eigenvalue weighted by Crippen LogP contribution is 2.32. The summed E-state index contributed by atoms with van der Waals surface area (Å²) in [5.74, 6) is 0.358. The predicted octanol–water partition coefficient (Wildman–Crippen LogP) is 3.19. The Morgan fingerprint density at radius 1 is 1.25 bits per heavy atom. The molecule has 0 saturated carbocycles. The molecule has 1 heterocycles. The molecule has 0 amide bonds. The fraction of sp³-hybridized carbons (Fsp3) is 0.375. The van der Waals surface area contributed by atoms with Gasteiger partial charge in [0.15, 0.2) is 0 Å². The van der Waals surface area contributed by atoms with Crippen LogP contribution in [0.2, 0.25) is 0 Å². The molecule has 0 bridgehead atoms. The summed E-state index contributed by atoms with van der Waals surface area (Å²) in [5, 5.41) is 17.5. The number of rotatable bonds is 8. The lowest BCUT2D eigenvalue weighted by Gasteiger charge is -2.12. The Balaban J connectivity index is 2.29. The van der Waals surface area contributed by atoms with Gasteiger partial charge in [-0.15, -0.1) is 0 Å². The van der Waals surface area contributed by atoms with Crippen LogP contribution in [-0.4, -0.2) is 35.2 Å². The number of anilines is 3. The average molecular weight is 331 g/mol. The first-order chi connectivity index (χ1) is 11.5. The van der Waals surface area contributed by atoms with E-state index < -0.39 is 4.92 Å². The number of methoxy groups -OCH3 is 1. The minimum atomic E-state index is -0.480. The summed E-state index contributed by atoms with van der Waals surface area (Å²) in [7, 11) is 1.61. The lowest BCUT2D eigenvalue weighted by molar-refractivity contribution is -0.383. The van der Waals surface area contributed by atoms with Gasteiger partial charge in [-0.2, -0.15) is 0 Å². The molecule has 8 nitrogen and oxygen atoms in total. The van der Waals surface area contributed by atoms with E-state index in [0.717, 1.165) is 23.2 Å². The van der Waals surface area contributed by atoms with Crippen molar-refractivity contribution in [2.45, 2.75) is 20.3 Å². The smallest absolute Gasteiger partial charge is 0.353 e. The summed E-state index contributed by atoms with van der Waals surface area (Å²) in [6, 6.07) is 5.74. The number of aryl methyl sites for hydroxylation is 1. The molecule has 0 unspecified atom stereocenters. The summed E-state index contributed by atoms with van der Waals surface area (Å²) in [6.45, 7) is 5.03.